The molecule has 0 amide bonds. The molecule has 2 aliphatic rings. The van der Waals surface area contributed by atoms with Crippen LogP contribution in [0.15, 0.2) is 18.2 Å². The SMILES string of the molecule is O=C1CCCc2c(OC3CS(=O)(=O)CC3O)cccc21. The van der Waals surface area contributed by atoms with Crippen molar-refractivity contribution in [2.45, 2.75) is 31.5 Å². The summed E-state index contributed by atoms with van der Waals surface area (Å²) in [4.78, 5) is 11.8. The number of rotatable bonds is 2. The predicted octanol–water partition coefficient (Wildman–Crippen LogP) is 0.742. The summed E-state index contributed by atoms with van der Waals surface area (Å²) in [7, 11) is -3.24. The first-order chi connectivity index (χ1) is 9.46. The number of ether oxygens (including phenoxy) is 1. The van der Waals surface area contributed by atoms with Gasteiger partial charge in [0.1, 0.15) is 18.0 Å². The zero-order valence-electron chi connectivity index (χ0n) is 10.9. The molecule has 108 valence electrons. The molecular weight excluding hydrogens is 280 g/mol. The van der Waals surface area contributed by atoms with Crippen molar-refractivity contribution in [1.29, 1.82) is 0 Å². The lowest BCUT2D eigenvalue weighted by Gasteiger charge is -2.22. The van der Waals surface area contributed by atoms with Crippen LogP contribution >= 0.6 is 0 Å². The van der Waals surface area contributed by atoms with Gasteiger partial charge in [0.2, 0.25) is 0 Å². The van der Waals surface area contributed by atoms with Crippen LogP contribution in [0.2, 0.25) is 0 Å². The highest BCUT2D eigenvalue weighted by Gasteiger charge is 2.38. The van der Waals surface area contributed by atoms with Crippen LogP contribution in [0.5, 0.6) is 5.75 Å². The summed E-state index contributed by atoms with van der Waals surface area (Å²) in [6.45, 7) is 0. The maximum Gasteiger partial charge on any atom is 0.163 e. The predicted molar refractivity (Wildman–Crippen MR) is 72.8 cm³/mol. The van der Waals surface area contributed by atoms with Gasteiger partial charge < -0.3 is 9.84 Å². The van der Waals surface area contributed by atoms with Crippen molar-refractivity contribution < 1.29 is 23.1 Å². The molecule has 3 rings (SSSR count). The molecule has 1 N–H and O–H groups in total. The Balaban J connectivity index is 1.89. The van der Waals surface area contributed by atoms with Crippen LogP contribution in [0.3, 0.4) is 0 Å². The number of Topliss-reactive ketones (excluding diaryl/α,β-unsaturated/α-hetero) is 1. The minimum atomic E-state index is -3.24. The number of aliphatic hydroxyl groups excluding tert-OH is 1. The minimum absolute atomic E-state index is 0.0938. The Morgan fingerprint density at radius 3 is 2.70 bits per heavy atom. The Bertz CT molecular complexity index is 650. The number of benzene rings is 1. The topological polar surface area (TPSA) is 80.7 Å². The van der Waals surface area contributed by atoms with Crippen molar-refractivity contribution in [1.82, 2.24) is 0 Å². The van der Waals surface area contributed by atoms with Gasteiger partial charge >= 0.3 is 0 Å². The first-order valence-electron chi connectivity index (χ1n) is 6.66. The molecule has 0 saturated carbocycles. The number of carbonyl (C=O) groups is 1. The van der Waals surface area contributed by atoms with Gasteiger partial charge in [-0.1, -0.05) is 12.1 Å². The summed E-state index contributed by atoms with van der Waals surface area (Å²) in [5.74, 6) is 0.185. The summed E-state index contributed by atoms with van der Waals surface area (Å²) in [6, 6.07) is 5.23. The lowest BCUT2D eigenvalue weighted by Crippen LogP contribution is -2.30. The van der Waals surface area contributed by atoms with E-state index < -0.39 is 22.0 Å². The first-order valence-corrected chi connectivity index (χ1v) is 8.49. The molecule has 1 saturated heterocycles. The molecule has 0 radical (unpaired) electrons. The van der Waals surface area contributed by atoms with E-state index in [2.05, 4.69) is 0 Å². The molecule has 2 unspecified atom stereocenters. The average molecular weight is 296 g/mol. The van der Waals surface area contributed by atoms with E-state index in [9.17, 15) is 18.3 Å². The smallest absolute Gasteiger partial charge is 0.163 e. The molecular formula is C14H16O5S. The van der Waals surface area contributed by atoms with E-state index in [1.54, 1.807) is 18.2 Å². The monoisotopic (exact) mass is 296 g/mol. The van der Waals surface area contributed by atoms with Crippen LogP contribution in [0, 0.1) is 0 Å². The van der Waals surface area contributed by atoms with Gasteiger partial charge in [0.15, 0.2) is 15.6 Å². The zero-order chi connectivity index (χ0) is 14.3. The van der Waals surface area contributed by atoms with Crippen molar-refractivity contribution in [2.75, 3.05) is 11.5 Å². The fourth-order valence-electron chi connectivity index (χ4n) is 2.83. The van der Waals surface area contributed by atoms with Crippen molar-refractivity contribution in [3.05, 3.63) is 29.3 Å². The van der Waals surface area contributed by atoms with Crippen molar-refractivity contribution >= 4 is 15.6 Å². The molecule has 0 bridgehead atoms. The molecule has 1 aromatic carbocycles. The van der Waals surface area contributed by atoms with E-state index in [0.29, 0.717) is 17.7 Å². The van der Waals surface area contributed by atoms with E-state index >= 15 is 0 Å². The molecule has 6 heteroatoms. The number of sulfone groups is 1. The van der Waals surface area contributed by atoms with E-state index in [0.717, 1.165) is 18.4 Å². The number of carbonyl (C=O) groups excluding carboxylic acids is 1. The summed E-state index contributed by atoms with van der Waals surface area (Å²) < 4.78 is 28.7. The van der Waals surface area contributed by atoms with Gasteiger partial charge in [-0.2, -0.15) is 0 Å². The highest BCUT2D eigenvalue weighted by atomic mass is 32.2. The number of ketones is 1. The Labute approximate surface area is 117 Å². The standard InChI is InChI=1S/C14H16O5S/c15-11-5-1-4-10-9(11)3-2-6-13(10)19-14-8-20(17,18)7-12(14)16/h2-3,6,12,14,16H,1,4-5,7-8H2. The van der Waals surface area contributed by atoms with E-state index in [1.807, 2.05) is 0 Å². The second kappa shape index (κ2) is 4.86. The maximum atomic E-state index is 11.8. The summed E-state index contributed by atoms with van der Waals surface area (Å²) in [5, 5.41) is 9.77. The summed E-state index contributed by atoms with van der Waals surface area (Å²) in [6.07, 6.45) is 0.306. The molecule has 1 fully saturated rings. The minimum Gasteiger partial charge on any atom is -0.486 e. The Morgan fingerprint density at radius 1 is 1.20 bits per heavy atom. The molecule has 0 spiro atoms. The van der Waals surface area contributed by atoms with Gasteiger partial charge in [-0.15, -0.1) is 0 Å². The Morgan fingerprint density at radius 2 is 2.00 bits per heavy atom. The van der Waals surface area contributed by atoms with Crippen LogP contribution in [-0.2, 0) is 16.3 Å². The fraction of sp³-hybridized carbons (Fsp3) is 0.500. The largest absolute Gasteiger partial charge is 0.486 e. The van der Waals surface area contributed by atoms with Crippen LogP contribution < -0.4 is 4.74 Å². The molecule has 20 heavy (non-hydrogen) atoms. The van der Waals surface area contributed by atoms with Crippen LogP contribution in [-0.4, -0.2) is 43.0 Å². The highest BCUT2D eigenvalue weighted by molar-refractivity contribution is 7.91. The third-order valence-corrected chi connectivity index (χ3v) is 5.50. The van der Waals surface area contributed by atoms with Crippen LogP contribution in [0.25, 0.3) is 0 Å². The average Bonchev–Trinajstić information content (AvgIpc) is 2.63. The number of fused-ring (bicyclic) bond motifs is 1. The molecule has 1 aromatic rings. The quantitative estimate of drug-likeness (QED) is 0.870. The molecule has 0 aromatic heterocycles. The van der Waals surface area contributed by atoms with Gasteiger partial charge in [0.25, 0.3) is 0 Å². The summed E-state index contributed by atoms with van der Waals surface area (Å²) in [5.41, 5.74) is 1.49. The van der Waals surface area contributed by atoms with Gasteiger partial charge in [0.05, 0.1) is 11.5 Å². The van der Waals surface area contributed by atoms with Crippen molar-refractivity contribution in [3.63, 3.8) is 0 Å². The zero-order valence-corrected chi connectivity index (χ0v) is 11.7. The maximum absolute atomic E-state index is 11.8. The lowest BCUT2D eigenvalue weighted by molar-refractivity contribution is 0.0728. The molecule has 1 heterocycles. The van der Waals surface area contributed by atoms with E-state index in [1.165, 1.54) is 0 Å². The fourth-order valence-corrected chi connectivity index (χ4v) is 4.49. The second-order valence-corrected chi connectivity index (χ2v) is 7.51. The number of aliphatic hydroxyl groups is 1. The van der Waals surface area contributed by atoms with Crippen molar-refractivity contribution in [3.8, 4) is 5.75 Å². The van der Waals surface area contributed by atoms with E-state index in [4.69, 9.17) is 4.74 Å². The molecule has 2 atom stereocenters. The lowest BCUT2D eigenvalue weighted by atomic mass is 9.90. The second-order valence-electron chi connectivity index (χ2n) is 5.36. The van der Waals surface area contributed by atoms with E-state index in [-0.39, 0.29) is 17.3 Å². The van der Waals surface area contributed by atoms with Crippen LogP contribution in [0.4, 0.5) is 0 Å². The number of hydrogen-bond acceptors (Lipinski definition) is 5. The number of hydrogen-bond donors (Lipinski definition) is 1. The Hall–Kier alpha value is -1.40. The molecule has 1 aliphatic carbocycles. The summed E-state index contributed by atoms with van der Waals surface area (Å²) >= 11 is 0. The normalized spacial score (nSPS) is 28.1. The molecule has 5 nitrogen and oxygen atoms in total. The molecule has 1 aliphatic heterocycles. The van der Waals surface area contributed by atoms with Gasteiger partial charge in [-0.25, -0.2) is 8.42 Å². The third-order valence-electron chi connectivity index (χ3n) is 3.81. The van der Waals surface area contributed by atoms with Gasteiger partial charge in [-0.3, -0.25) is 4.79 Å². The van der Waals surface area contributed by atoms with Crippen molar-refractivity contribution in [2.24, 2.45) is 0 Å². The Kier molecular flexibility index (Phi) is 3.30. The van der Waals surface area contributed by atoms with Crippen LogP contribution in [0.1, 0.15) is 28.8 Å². The van der Waals surface area contributed by atoms with Gasteiger partial charge in [-0.05, 0) is 18.9 Å². The highest BCUT2D eigenvalue weighted by Crippen LogP contribution is 2.31. The first kappa shape index (κ1) is 13.6. The van der Waals surface area contributed by atoms with Gasteiger partial charge in [0, 0.05) is 17.5 Å². The third kappa shape index (κ3) is 2.45.